The average molecular weight is 474 g/mol. The molecule has 0 aromatic heterocycles. The Labute approximate surface area is 168 Å². The lowest BCUT2D eigenvalue weighted by atomic mass is 10.9. The van der Waals surface area contributed by atoms with Crippen LogP contribution in [0.4, 0.5) is 0 Å². The highest BCUT2D eigenvalue weighted by atomic mass is 28.5. The molecule has 0 saturated carbocycles. The Hall–Kier alpha value is 1.02. The molecule has 0 atom stereocenters. The standard InChI is InChI=1S/C13H37O7Si6/c1-14-25(15-2,16-3)13-12-24(10,11)20-26(17-21(4)5,18-22(6)7)19-23(8)9/h12-13H2,1-11H3. The SMILES string of the molecule is CO[Si](CC[Si](C)(C)O[Si](O[Si](C)C)(O[Si](C)C)O[Si](C)C)(OC)OC. The van der Waals surface area contributed by atoms with Gasteiger partial charge in [0.15, 0.2) is 35.4 Å². The summed E-state index contributed by atoms with van der Waals surface area (Å²) < 4.78 is 42.1. The molecule has 0 aliphatic heterocycles. The van der Waals surface area contributed by atoms with Gasteiger partial charge in [-0.3, -0.25) is 0 Å². The van der Waals surface area contributed by atoms with Gasteiger partial charge in [-0.15, -0.1) is 0 Å². The van der Waals surface area contributed by atoms with Crippen molar-refractivity contribution < 1.29 is 29.7 Å². The molecule has 7 nitrogen and oxygen atoms in total. The van der Waals surface area contributed by atoms with Crippen LogP contribution in [0.15, 0.2) is 0 Å². The van der Waals surface area contributed by atoms with Crippen LogP contribution >= 0.6 is 0 Å². The van der Waals surface area contributed by atoms with Gasteiger partial charge < -0.3 is 29.7 Å². The van der Waals surface area contributed by atoms with E-state index in [0.29, 0.717) is 6.04 Å². The topological polar surface area (TPSA) is 64.6 Å². The predicted molar refractivity (Wildman–Crippen MR) is 116 cm³/mol. The summed E-state index contributed by atoms with van der Waals surface area (Å²) in [5.74, 6) is 0. The Kier molecular flexibility index (Phi) is 12.4. The Balaban J connectivity index is 5.42. The molecule has 0 N–H and O–H groups in total. The summed E-state index contributed by atoms with van der Waals surface area (Å²) in [5.41, 5.74) is 0. The first-order chi connectivity index (χ1) is 11.8. The van der Waals surface area contributed by atoms with Crippen molar-refractivity contribution in [3.63, 3.8) is 0 Å². The van der Waals surface area contributed by atoms with E-state index in [9.17, 15) is 0 Å². The maximum Gasteiger partial charge on any atom is 0.636 e. The fourth-order valence-electron chi connectivity index (χ4n) is 2.27. The van der Waals surface area contributed by atoms with E-state index in [-0.39, 0.29) is 0 Å². The molecule has 0 amide bonds. The Morgan fingerprint density at radius 2 is 0.962 bits per heavy atom. The van der Waals surface area contributed by atoms with Crippen molar-refractivity contribution >= 4 is 53.3 Å². The van der Waals surface area contributed by atoms with Gasteiger partial charge in [0.1, 0.15) is 0 Å². The van der Waals surface area contributed by atoms with Crippen LogP contribution in [0.25, 0.3) is 0 Å². The van der Waals surface area contributed by atoms with Crippen molar-refractivity contribution in [3.8, 4) is 0 Å². The van der Waals surface area contributed by atoms with E-state index in [1.807, 2.05) is 0 Å². The molecule has 13 heteroatoms. The molecule has 0 saturated heterocycles. The summed E-state index contributed by atoms with van der Waals surface area (Å²) in [4.78, 5) is 0. The van der Waals surface area contributed by atoms with Crippen LogP contribution in [0.3, 0.4) is 0 Å². The smallest absolute Gasteiger partial charge is 0.396 e. The highest BCUT2D eigenvalue weighted by Gasteiger charge is 2.52. The summed E-state index contributed by atoms with van der Waals surface area (Å²) in [7, 11) is -6.14. The van der Waals surface area contributed by atoms with Gasteiger partial charge >= 0.3 is 17.9 Å². The minimum Gasteiger partial charge on any atom is -0.396 e. The molecule has 0 fully saturated rings. The summed E-state index contributed by atoms with van der Waals surface area (Å²) >= 11 is 0. The molecule has 0 aliphatic rings. The molecule has 0 aromatic rings. The highest BCUT2D eigenvalue weighted by molar-refractivity contribution is 6.85. The second kappa shape index (κ2) is 11.9. The first-order valence-electron chi connectivity index (χ1n) is 8.68. The molecule has 0 heterocycles. The summed E-state index contributed by atoms with van der Waals surface area (Å²) in [6, 6.07) is 1.52. The lowest BCUT2D eigenvalue weighted by Crippen LogP contribution is -2.60. The maximum absolute atomic E-state index is 6.63. The lowest BCUT2D eigenvalue weighted by molar-refractivity contribution is 0.123. The lowest BCUT2D eigenvalue weighted by Gasteiger charge is -2.39. The van der Waals surface area contributed by atoms with Crippen LogP contribution < -0.4 is 0 Å². The normalized spacial score (nSPS) is 14.1. The van der Waals surface area contributed by atoms with Crippen LogP contribution in [0.5, 0.6) is 0 Å². The van der Waals surface area contributed by atoms with Gasteiger partial charge in [0.25, 0.3) is 0 Å². The first kappa shape index (κ1) is 27.0. The van der Waals surface area contributed by atoms with Crippen molar-refractivity contribution in [2.45, 2.75) is 64.5 Å². The first-order valence-corrected chi connectivity index (χ1v) is 22.6. The van der Waals surface area contributed by atoms with Crippen molar-refractivity contribution in [2.24, 2.45) is 0 Å². The van der Waals surface area contributed by atoms with Crippen molar-refractivity contribution in [1.29, 1.82) is 0 Å². The van der Waals surface area contributed by atoms with Crippen molar-refractivity contribution in [3.05, 3.63) is 0 Å². The van der Waals surface area contributed by atoms with Gasteiger partial charge in [-0.1, -0.05) is 0 Å². The van der Waals surface area contributed by atoms with Gasteiger partial charge in [-0.25, -0.2) is 0 Å². The quantitative estimate of drug-likeness (QED) is 0.358. The summed E-state index contributed by atoms with van der Waals surface area (Å²) in [6.07, 6.45) is 0. The molecule has 0 aromatic carbocycles. The van der Waals surface area contributed by atoms with Crippen LogP contribution in [0.2, 0.25) is 64.5 Å². The number of hydrogen-bond donors (Lipinski definition) is 0. The van der Waals surface area contributed by atoms with Gasteiger partial charge in [0.2, 0.25) is 0 Å². The zero-order chi connectivity index (χ0) is 20.6. The molecule has 0 rings (SSSR count). The molecule has 0 aliphatic carbocycles. The van der Waals surface area contributed by atoms with E-state index in [0.717, 1.165) is 6.04 Å². The van der Waals surface area contributed by atoms with Gasteiger partial charge in [0, 0.05) is 27.4 Å². The van der Waals surface area contributed by atoms with E-state index >= 15 is 0 Å². The molecule has 26 heavy (non-hydrogen) atoms. The van der Waals surface area contributed by atoms with Gasteiger partial charge in [-0.2, -0.15) is 0 Å². The third-order valence-corrected chi connectivity index (χ3v) is 19.1. The van der Waals surface area contributed by atoms with Crippen LogP contribution in [0, 0.1) is 0 Å². The fourth-order valence-corrected chi connectivity index (χ4v) is 19.4. The van der Waals surface area contributed by atoms with Crippen LogP contribution in [-0.4, -0.2) is 74.6 Å². The summed E-state index contributed by atoms with van der Waals surface area (Å²) in [6.45, 7) is 16.9. The highest BCUT2D eigenvalue weighted by Crippen LogP contribution is 2.28. The molecule has 0 unspecified atom stereocenters. The largest absolute Gasteiger partial charge is 0.636 e. The fraction of sp³-hybridized carbons (Fsp3) is 1.00. The Morgan fingerprint density at radius 1 is 0.615 bits per heavy atom. The van der Waals surface area contributed by atoms with E-state index in [1.165, 1.54) is 0 Å². The molecule has 3 radical (unpaired) electrons. The minimum atomic E-state index is -3.16. The maximum atomic E-state index is 6.63. The van der Waals surface area contributed by atoms with Crippen LogP contribution in [-0.2, 0) is 29.7 Å². The second-order valence-corrected chi connectivity index (χ2v) is 24.0. The number of rotatable bonds is 14. The van der Waals surface area contributed by atoms with Crippen LogP contribution in [0.1, 0.15) is 0 Å². The second-order valence-electron chi connectivity index (χ2n) is 7.19. The molecular weight excluding hydrogens is 437 g/mol. The predicted octanol–water partition coefficient (Wildman–Crippen LogP) is 3.32. The zero-order valence-electron chi connectivity index (χ0n) is 18.3. The van der Waals surface area contributed by atoms with E-state index in [2.05, 4.69) is 52.4 Å². The minimum absolute atomic E-state index is 0.697. The average Bonchev–Trinajstić information content (AvgIpc) is 2.46. The Morgan fingerprint density at radius 3 is 1.23 bits per heavy atom. The monoisotopic (exact) mass is 473 g/mol. The van der Waals surface area contributed by atoms with E-state index < -0.39 is 53.3 Å². The molecular formula is C13H37O7Si6. The summed E-state index contributed by atoms with van der Waals surface area (Å²) in [5, 5.41) is 0. The van der Waals surface area contributed by atoms with E-state index in [4.69, 9.17) is 29.7 Å². The van der Waals surface area contributed by atoms with Crippen molar-refractivity contribution in [1.82, 2.24) is 0 Å². The third-order valence-electron chi connectivity index (χ3n) is 3.35. The van der Waals surface area contributed by atoms with E-state index in [1.54, 1.807) is 21.3 Å². The molecule has 0 spiro atoms. The Bertz CT molecular complexity index is 358. The van der Waals surface area contributed by atoms with Crippen molar-refractivity contribution in [2.75, 3.05) is 21.3 Å². The molecule has 0 bridgehead atoms. The zero-order valence-corrected chi connectivity index (χ0v) is 24.3. The van der Waals surface area contributed by atoms with Gasteiger partial charge in [-0.05, 0) is 58.4 Å². The molecule has 155 valence electrons. The number of hydrogen-bond acceptors (Lipinski definition) is 7. The van der Waals surface area contributed by atoms with Gasteiger partial charge in [0.05, 0.1) is 0 Å². The third kappa shape index (κ3) is 9.99.